The fraction of sp³-hybridized carbons (Fsp3) is 0.611. The molecule has 0 spiro atoms. The zero-order valence-corrected chi connectivity index (χ0v) is 15.6. The first-order valence-corrected chi connectivity index (χ1v) is 9.42. The van der Waals surface area contributed by atoms with Gasteiger partial charge in [0.15, 0.2) is 5.96 Å². The third-order valence-corrected chi connectivity index (χ3v) is 6.07. The SMILES string of the molecule is CN=C(NCC1(SC)CCOCC1)N(C)Cc1ccccc1C. The highest BCUT2D eigenvalue weighted by Gasteiger charge is 2.32. The third-order valence-electron chi connectivity index (χ3n) is 4.65. The second-order valence-electron chi connectivity index (χ2n) is 6.18. The minimum Gasteiger partial charge on any atom is -0.381 e. The zero-order valence-electron chi connectivity index (χ0n) is 14.8. The van der Waals surface area contributed by atoms with Gasteiger partial charge in [-0.1, -0.05) is 24.3 Å². The van der Waals surface area contributed by atoms with Crippen LogP contribution < -0.4 is 5.32 Å². The van der Waals surface area contributed by atoms with Crippen molar-refractivity contribution in [3.63, 3.8) is 0 Å². The zero-order chi connectivity index (χ0) is 16.7. The highest BCUT2D eigenvalue weighted by Crippen LogP contribution is 2.33. The summed E-state index contributed by atoms with van der Waals surface area (Å²) in [6.07, 6.45) is 4.39. The topological polar surface area (TPSA) is 36.9 Å². The van der Waals surface area contributed by atoms with Crippen molar-refractivity contribution >= 4 is 17.7 Å². The van der Waals surface area contributed by atoms with Crippen LogP contribution in [0.25, 0.3) is 0 Å². The van der Waals surface area contributed by atoms with E-state index in [4.69, 9.17) is 4.74 Å². The molecule has 1 aromatic carbocycles. The molecule has 0 amide bonds. The molecule has 1 aromatic rings. The van der Waals surface area contributed by atoms with E-state index in [1.165, 1.54) is 11.1 Å². The largest absolute Gasteiger partial charge is 0.381 e. The lowest BCUT2D eigenvalue weighted by atomic mass is 9.99. The Bertz CT molecular complexity index is 527. The molecule has 0 saturated carbocycles. The van der Waals surface area contributed by atoms with Crippen molar-refractivity contribution in [2.75, 3.05) is 40.1 Å². The predicted molar refractivity (Wildman–Crippen MR) is 100 cm³/mol. The average molecular weight is 336 g/mol. The Morgan fingerprint density at radius 3 is 2.65 bits per heavy atom. The molecule has 1 fully saturated rings. The van der Waals surface area contributed by atoms with Crippen LogP contribution in [0.2, 0.25) is 0 Å². The second kappa shape index (κ2) is 8.60. The molecule has 2 rings (SSSR count). The van der Waals surface area contributed by atoms with Gasteiger partial charge in [0.25, 0.3) is 0 Å². The molecule has 23 heavy (non-hydrogen) atoms. The van der Waals surface area contributed by atoms with Crippen LogP contribution in [0.3, 0.4) is 0 Å². The maximum Gasteiger partial charge on any atom is 0.193 e. The van der Waals surface area contributed by atoms with Gasteiger partial charge in [-0.15, -0.1) is 0 Å². The summed E-state index contributed by atoms with van der Waals surface area (Å²) >= 11 is 1.95. The van der Waals surface area contributed by atoms with Crippen molar-refractivity contribution in [3.8, 4) is 0 Å². The number of hydrogen-bond donors (Lipinski definition) is 1. The lowest BCUT2D eigenvalue weighted by molar-refractivity contribution is 0.0781. The van der Waals surface area contributed by atoms with Crippen LogP contribution in [0.5, 0.6) is 0 Å². The Kier molecular flexibility index (Phi) is 6.78. The molecule has 1 heterocycles. The minimum atomic E-state index is 0.262. The van der Waals surface area contributed by atoms with Crippen molar-refractivity contribution in [2.45, 2.75) is 31.1 Å². The van der Waals surface area contributed by atoms with Gasteiger partial charge in [-0.05, 0) is 37.1 Å². The van der Waals surface area contributed by atoms with Gasteiger partial charge in [-0.25, -0.2) is 0 Å². The molecule has 1 saturated heterocycles. The molecule has 0 aromatic heterocycles. The van der Waals surface area contributed by atoms with Gasteiger partial charge in [0.05, 0.1) is 0 Å². The summed E-state index contributed by atoms with van der Waals surface area (Å²) in [4.78, 5) is 6.64. The van der Waals surface area contributed by atoms with Crippen LogP contribution in [-0.2, 0) is 11.3 Å². The van der Waals surface area contributed by atoms with E-state index >= 15 is 0 Å². The number of rotatable bonds is 5. The van der Waals surface area contributed by atoms with Gasteiger partial charge in [-0.3, -0.25) is 4.99 Å². The number of benzene rings is 1. The quantitative estimate of drug-likeness (QED) is 0.663. The maximum absolute atomic E-state index is 5.52. The van der Waals surface area contributed by atoms with Crippen molar-refractivity contribution in [1.82, 2.24) is 10.2 Å². The summed E-state index contributed by atoms with van der Waals surface area (Å²) < 4.78 is 5.78. The summed E-state index contributed by atoms with van der Waals surface area (Å²) in [5, 5.41) is 3.57. The van der Waals surface area contributed by atoms with Gasteiger partial charge in [0, 0.05) is 45.1 Å². The number of guanidine groups is 1. The second-order valence-corrected chi connectivity index (χ2v) is 7.46. The summed E-state index contributed by atoms with van der Waals surface area (Å²) in [5.74, 6) is 0.952. The Morgan fingerprint density at radius 1 is 1.35 bits per heavy atom. The molecule has 4 nitrogen and oxygen atoms in total. The molecule has 0 radical (unpaired) electrons. The number of thioether (sulfide) groups is 1. The highest BCUT2D eigenvalue weighted by atomic mass is 32.2. The van der Waals surface area contributed by atoms with Crippen LogP contribution in [0.1, 0.15) is 24.0 Å². The maximum atomic E-state index is 5.52. The summed E-state index contributed by atoms with van der Waals surface area (Å²) in [7, 11) is 3.95. The molecule has 128 valence electrons. The van der Waals surface area contributed by atoms with E-state index in [9.17, 15) is 0 Å². The first-order valence-electron chi connectivity index (χ1n) is 8.19. The summed E-state index contributed by atoms with van der Waals surface area (Å²) in [6.45, 7) is 5.68. The fourth-order valence-corrected chi connectivity index (χ4v) is 3.73. The van der Waals surface area contributed by atoms with Crippen LogP contribution >= 0.6 is 11.8 Å². The number of hydrogen-bond acceptors (Lipinski definition) is 3. The molecule has 0 atom stereocenters. The Labute approximate surface area is 144 Å². The number of ether oxygens (including phenoxy) is 1. The van der Waals surface area contributed by atoms with Crippen LogP contribution in [-0.4, -0.2) is 55.7 Å². The lowest BCUT2D eigenvalue weighted by Gasteiger charge is -2.37. The molecule has 0 bridgehead atoms. The van der Waals surface area contributed by atoms with E-state index in [0.717, 1.165) is 45.1 Å². The normalized spacial score (nSPS) is 17.8. The highest BCUT2D eigenvalue weighted by molar-refractivity contribution is 8.00. The van der Waals surface area contributed by atoms with Crippen molar-refractivity contribution in [1.29, 1.82) is 0 Å². The molecule has 0 aliphatic carbocycles. The van der Waals surface area contributed by atoms with Crippen molar-refractivity contribution < 1.29 is 4.74 Å². The summed E-state index contributed by atoms with van der Waals surface area (Å²) in [5.41, 5.74) is 2.66. The van der Waals surface area contributed by atoms with Gasteiger partial charge in [-0.2, -0.15) is 11.8 Å². The van der Waals surface area contributed by atoms with Crippen LogP contribution in [0, 0.1) is 6.92 Å². The predicted octanol–water partition coefficient (Wildman–Crippen LogP) is 2.91. The average Bonchev–Trinajstić information content (AvgIpc) is 2.58. The molecular weight excluding hydrogens is 306 g/mol. The van der Waals surface area contributed by atoms with Crippen LogP contribution in [0.4, 0.5) is 0 Å². The van der Waals surface area contributed by atoms with E-state index in [2.05, 4.69) is 59.7 Å². The Balaban J connectivity index is 1.95. The number of aryl methyl sites for hydroxylation is 1. The van der Waals surface area contributed by atoms with Crippen molar-refractivity contribution in [3.05, 3.63) is 35.4 Å². The smallest absolute Gasteiger partial charge is 0.193 e. The van der Waals surface area contributed by atoms with E-state index in [1.54, 1.807) is 0 Å². The molecule has 1 N–H and O–H groups in total. The lowest BCUT2D eigenvalue weighted by Crippen LogP contribution is -2.48. The first-order chi connectivity index (χ1) is 11.1. The van der Waals surface area contributed by atoms with Gasteiger partial charge in [0.2, 0.25) is 0 Å². The van der Waals surface area contributed by atoms with Gasteiger partial charge >= 0.3 is 0 Å². The standard InChI is InChI=1S/C18H29N3OS/c1-15-7-5-6-8-16(15)13-21(3)17(19-2)20-14-18(23-4)9-11-22-12-10-18/h5-8H,9-14H2,1-4H3,(H,19,20). The fourth-order valence-electron chi connectivity index (χ4n) is 2.94. The van der Waals surface area contributed by atoms with Gasteiger partial charge < -0.3 is 15.0 Å². The van der Waals surface area contributed by atoms with Gasteiger partial charge in [0.1, 0.15) is 0 Å². The van der Waals surface area contributed by atoms with E-state index in [-0.39, 0.29) is 4.75 Å². The number of nitrogens with one attached hydrogen (secondary N) is 1. The minimum absolute atomic E-state index is 0.262. The molecule has 1 aliphatic rings. The van der Waals surface area contributed by atoms with E-state index in [1.807, 2.05) is 18.8 Å². The number of aliphatic imine (C=N–C) groups is 1. The van der Waals surface area contributed by atoms with Crippen LogP contribution in [0.15, 0.2) is 29.3 Å². The molecule has 1 aliphatic heterocycles. The van der Waals surface area contributed by atoms with E-state index < -0.39 is 0 Å². The molecule has 5 heteroatoms. The number of nitrogens with zero attached hydrogens (tertiary/aromatic N) is 2. The summed E-state index contributed by atoms with van der Waals surface area (Å²) in [6, 6.07) is 8.52. The first kappa shape index (κ1) is 18.1. The third kappa shape index (κ3) is 4.88. The van der Waals surface area contributed by atoms with E-state index in [0.29, 0.717) is 0 Å². The Morgan fingerprint density at radius 2 is 2.04 bits per heavy atom. The molecular formula is C18H29N3OS. The van der Waals surface area contributed by atoms with Crippen molar-refractivity contribution in [2.24, 2.45) is 4.99 Å². The molecule has 0 unspecified atom stereocenters. The Hall–Kier alpha value is -1.20. The monoisotopic (exact) mass is 335 g/mol.